The molecule has 0 aromatic heterocycles. The molecule has 6 heteroatoms. The number of carbonyl (C=O) groups is 2. The Morgan fingerprint density at radius 1 is 1.41 bits per heavy atom. The molecule has 114 valence electrons. The van der Waals surface area contributed by atoms with Crippen LogP contribution >= 0.6 is 0 Å². The van der Waals surface area contributed by atoms with Gasteiger partial charge in [0.25, 0.3) is 0 Å². The van der Waals surface area contributed by atoms with Crippen molar-refractivity contribution in [3.63, 3.8) is 0 Å². The number of nitrogens with one attached hydrogen (secondary N) is 1. The summed E-state index contributed by atoms with van der Waals surface area (Å²) in [6.07, 6.45) is 1.09. The average Bonchev–Trinajstić information content (AvgIpc) is 2.53. The number of halogens is 1. The zero-order valence-corrected chi connectivity index (χ0v) is 12.0. The van der Waals surface area contributed by atoms with Gasteiger partial charge in [-0.25, -0.2) is 4.39 Å². The summed E-state index contributed by atoms with van der Waals surface area (Å²) >= 11 is 0. The zero-order chi connectivity index (χ0) is 15.7. The smallest absolute Gasteiger partial charge is 0.244 e. The van der Waals surface area contributed by atoms with Gasteiger partial charge in [0.1, 0.15) is 12.7 Å². The van der Waals surface area contributed by atoms with E-state index in [1.165, 1.54) is 4.90 Å². The molecule has 0 radical (unpaired) electrons. The van der Waals surface area contributed by atoms with E-state index in [-0.39, 0.29) is 24.8 Å². The molecule has 1 fully saturated rings. The molecule has 5 nitrogen and oxygen atoms in total. The maximum atomic E-state index is 13.6. The van der Waals surface area contributed by atoms with Gasteiger partial charge in [-0.2, -0.15) is 5.26 Å². The van der Waals surface area contributed by atoms with Crippen molar-refractivity contribution in [3.8, 4) is 6.07 Å². The highest BCUT2D eigenvalue weighted by Crippen LogP contribution is 2.34. The van der Waals surface area contributed by atoms with Crippen molar-refractivity contribution >= 4 is 23.2 Å². The molecule has 1 aliphatic heterocycles. The van der Waals surface area contributed by atoms with Crippen LogP contribution in [0.15, 0.2) is 18.2 Å². The van der Waals surface area contributed by atoms with Crippen LogP contribution in [0.4, 0.5) is 15.8 Å². The Bertz CT molecular complexity index is 668. The van der Waals surface area contributed by atoms with Gasteiger partial charge in [0.15, 0.2) is 0 Å². The molecule has 0 saturated heterocycles. The van der Waals surface area contributed by atoms with Crippen LogP contribution in [0.25, 0.3) is 0 Å². The Hall–Kier alpha value is -2.42. The molecule has 3 rings (SSSR count). The van der Waals surface area contributed by atoms with Crippen molar-refractivity contribution in [2.24, 2.45) is 5.92 Å². The van der Waals surface area contributed by atoms with Crippen LogP contribution in [-0.2, 0) is 9.59 Å². The molecular formula is C16H16FN3O2. The largest absolute Gasteiger partial charge is 0.323 e. The van der Waals surface area contributed by atoms with Crippen LogP contribution in [0.5, 0.6) is 0 Å². The summed E-state index contributed by atoms with van der Waals surface area (Å²) in [4.78, 5) is 25.9. The predicted octanol–water partition coefficient (Wildman–Crippen LogP) is 2.37. The first kappa shape index (κ1) is 14.5. The quantitative estimate of drug-likeness (QED) is 0.865. The molecule has 1 saturated carbocycles. The normalized spacial score (nSPS) is 24.2. The number of anilines is 2. The lowest BCUT2D eigenvalue weighted by Gasteiger charge is -2.33. The molecule has 22 heavy (non-hydrogen) atoms. The third-order valence-electron chi connectivity index (χ3n) is 4.22. The minimum Gasteiger partial charge on any atom is -0.323 e. The van der Waals surface area contributed by atoms with Crippen LogP contribution in [0.3, 0.4) is 0 Å². The fourth-order valence-electron chi connectivity index (χ4n) is 3.12. The van der Waals surface area contributed by atoms with E-state index in [4.69, 9.17) is 5.26 Å². The Labute approximate surface area is 127 Å². The van der Waals surface area contributed by atoms with E-state index in [1.807, 2.05) is 6.07 Å². The lowest BCUT2D eigenvalue weighted by atomic mass is 9.86. The Morgan fingerprint density at radius 3 is 2.95 bits per heavy atom. The van der Waals surface area contributed by atoms with Crippen LogP contribution in [0.1, 0.15) is 31.2 Å². The van der Waals surface area contributed by atoms with Crippen molar-refractivity contribution in [2.45, 2.75) is 31.9 Å². The minimum atomic E-state index is -0.953. The number of benzene rings is 1. The number of nitriles is 1. The standard InChI is InChI=1S/C16H16FN3O2/c17-12-3-1-2-11(7-12)16(22)20-9-15(21)19-13-5-4-10(8-18)6-14(13)20/h4-6,11-12H,1-3,7,9H2,(H,19,21). The molecule has 2 aliphatic rings. The fourth-order valence-corrected chi connectivity index (χ4v) is 3.12. The lowest BCUT2D eigenvalue weighted by molar-refractivity contribution is -0.126. The highest BCUT2D eigenvalue weighted by atomic mass is 19.1. The van der Waals surface area contributed by atoms with E-state index in [1.54, 1.807) is 18.2 Å². The number of nitrogens with zero attached hydrogens (tertiary/aromatic N) is 2. The van der Waals surface area contributed by atoms with E-state index in [0.717, 1.165) is 0 Å². The highest BCUT2D eigenvalue weighted by molar-refractivity contribution is 6.10. The molecule has 0 bridgehead atoms. The summed E-state index contributed by atoms with van der Waals surface area (Å²) < 4.78 is 13.6. The molecule has 1 aliphatic carbocycles. The predicted molar refractivity (Wildman–Crippen MR) is 79.0 cm³/mol. The zero-order valence-electron chi connectivity index (χ0n) is 12.0. The van der Waals surface area contributed by atoms with Crippen LogP contribution in [0.2, 0.25) is 0 Å². The molecule has 2 atom stereocenters. The SMILES string of the molecule is N#Cc1ccc2c(c1)N(C(=O)C1CCCC(F)C1)CC(=O)N2. The van der Waals surface area contributed by atoms with Gasteiger partial charge < -0.3 is 10.2 Å². The molecule has 1 aromatic carbocycles. The fraction of sp³-hybridized carbons (Fsp3) is 0.438. The van der Waals surface area contributed by atoms with Gasteiger partial charge in [0.2, 0.25) is 11.8 Å². The first-order valence-corrected chi connectivity index (χ1v) is 7.38. The van der Waals surface area contributed by atoms with E-state index < -0.39 is 12.1 Å². The maximum absolute atomic E-state index is 13.6. The second kappa shape index (κ2) is 5.76. The number of hydrogen-bond donors (Lipinski definition) is 1. The van der Waals surface area contributed by atoms with E-state index in [2.05, 4.69) is 5.32 Å². The van der Waals surface area contributed by atoms with Crippen molar-refractivity contribution in [3.05, 3.63) is 23.8 Å². The molecule has 2 amide bonds. The van der Waals surface area contributed by atoms with Crippen molar-refractivity contribution < 1.29 is 14.0 Å². The van der Waals surface area contributed by atoms with Crippen molar-refractivity contribution in [2.75, 3.05) is 16.8 Å². The number of fused-ring (bicyclic) bond motifs is 1. The molecular weight excluding hydrogens is 285 g/mol. The van der Waals surface area contributed by atoms with Gasteiger partial charge in [0, 0.05) is 5.92 Å². The van der Waals surface area contributed by atoms with Crippen molar-refractivity contribution in [1.29, 1.82) is 5.26 Å². The number of amides is 2. The first-order chi connectivity index (χ1) is 10.6. The summed E-state index contributed by atoms with van der Waals surface area (Å²) in [5.74, 6) is -0.903. The third kappa shape index (κ3) is 2.67. The Morgan fingerprint density at radius 2 is 2.23 bits per heavy atom. The first-order valence-electron chi connectivity index (χ1n) is 7.38. The number of rotatable bonds is 1. The van der Waals surface area contributed by atoms with E-state index >= 15 is 0 Å². The van der Waals surface area contributed by atoms with Crippen LogP contribution < -0.4 is 10.2 Å². The Kier molecular flexibility index (Phi) is 3.80. The second-order valence-electron chi connectivity index (χ2n) is 5.78. The monoisotopic (exact) mass is 301 g/mol. The second-order valence-corrected chi connectivity index (χ2v) is 5.78. The topological polar surface area (TPSA) is 73.2 Å². The minimum absolute atomic E-state index is 0.0891. The van der Waals surface area contributed by atoms with Gasteiger partial charge in [-0.1, -0.05) is 0 Å². The lowest BCUT2D eigenvalue weighted by Crippen LogP contribution is -2.46. The molecule has 1 N–H and O–H groups in total. The van der Waals surface area contributed by atoms with Crippen LogP contribution in [-0.4, -0.2) is 24.5 Å². The van der Waals surface area contributed by atoms with E-state index in [9.17, 15) is 14.0 Å². The van der Waals surface area contributed by atoms with Crippen LogP contribution in [0, 0.1) is 17.2 Å². The highest BCUT2D eigenvalue weighted by Gasteiger charge is 2.34. The molecule has 1 heterocycles. The molecule has 0 spiro atoms. The van der Waals surface area contributed by atoms with Gasteiger partial charge in [-0.05, 0) is 43.9 Å². The van der Waals surface area contributed by atoms with Gasteiger partial charge in [-0.15, -0.1) is 0 Å². The summed E-state index contributed by atoms with van der Waals surface area (Å²) in [5, 5.41) is 11.7. The maximum Gasteiger partial charge on any atom is 0.244 e. The number of alkyl halides is 1. The molecule has 1 aromatic rings. The third-order valence-corrected chi connectivity index (χ3v) is 4.22. The van der Waals surface area contributed by atoms with Crippen molar-refractivity contribution in [1.82, 2.24) is 0 Å². The molecule has 2 unspecified atom stereocenters. The summed E-state index contributed by atoms with van der Waals surface area (Å²) in [5.41, 5.74) is 1.44. The summed E-state index contributed by atoms with van der Waals surface area (Å²) in [6.45, 7) is -0.0891. The summed E-state index contributed by atoms with van der Waals surface area (Å²) in [6, 6.07) is 6.81. The summed E-state index contributed by atoms with van der Waals surface area (Å²) in [7, 11) is 0. The average molecular weight is 301 g/mol. The van der Waals surface area contributed by atoms with Gasteiger partial charge in [0.05, 0.1) is 23.0 Å². The number of carbonyl (C=O) groups excluding carboxylic acids is 2. The van der Waals surface area contributed by atoms with Gasteiger partial charge in [-0.3, -0.25) is 9.59 Å². The Balaban J connectivity index is 1.92. The van der Waals surface area contributed by atoms with Gasteiger partial charge >= 0.3 is 0 Å². The number of hydrogen-bond acceptors (Lipinski definition) is 3. The van der Waals surface area contributed by atoms with E-state index in [0.29, 0.717) is 36.2 Å².